The zero-order valence-electron chi connectivity index (χ0n) is 19.2. The fraction of sp³-hybridized carbons (Fsp3) is 0.440. The highest BCUT2D eigenvalue weighted by molar-refractivity contribution is 7.99. The molecule has 0 saturated carbocycles. The van der Waals surface area contributed by atoms with Crippen LogP contribution in [0.5, 0.6) is 0 Å². The molecule has 0 aliphatic rings. The fourth-order valence-corrected chi connectivity index (χ4v) is 4.99. The van der Waals surface area contributed by atoms with Crippen LogP contribution < -0.4 is 5.32 Å². The summed E-state index contributed by atoms with van der Waals surface area (Å²) in [5.41, 5.74) is 1.59. The second kappa shape index (κ2) is 12.5. The minimum Gasteiger partial charge on any atom is -0.350 e. The number of amides is 2. The molecule has 0 bridgehead atoms. The third kappa shape index (κ3) is 8.34. The Morgan fingerprint density at radius 2 is 1.66 bits per heavy atom. The summed E-state index contributed by atoms with van der Waals surface area (Å²) in [5.74, 6) is 0.586. The fourth-order valence-electron chi connectivity index (χ4n) is 3.34. The maximum absolute atomic E-state index is 13.3. The molecule has 1 atom stereocenters. The predicted octanol–water partition coefficient (Wildman–Crippen LogP) is 5.99. The number of benzene rings is 2. The zero-order valence-corrected chi connectivity index (χ0v) is 21.5. The van der Waals surface area contributed by atoms with Crippen molar-refractivity contribution in [2.45, 2.75) is 57.9 Å². The van der Waals surface area contributed by atoms with E-state index in [1.54, 1.807) is 23.1 Å². The lowest BCUT2D eigenvalue weighted by Gasteiger charge is -2.33. The monoisotopic (exact) mass is 494 g/mol. The molecular weight excluding hydrogens is 463 g/mol. The summed E-state index contributed by atoms with van der Waals surface area (Å²) in [6, 6.07) is 14.9. The molecule has 2 rings (SSSR count). The molecule has 0 aliphatic carbocycles. The van der Waals surface area contributed by atoms with Gasteiger partial charge in [-0.2, -0.15) is 0 Å². The van der Waals surface area contributed by atoms with Crippen molar-refractivity contribution in [3.63, 3.8) is 0 Å². The molecule has 0 aromatic heterocycles. The largest absolute Gasteiger partial charge is 0.350 e. The molecule has 174 valence electrons. The van der Waals surface area contributed by atoms with Crippen LogP contribution in [0.3, 0.4) is 0 Å². The number of hydrogen-bond acceptors (Lipinski definition) is 3. The van der Waals surface area contributed by atoms with Crippen LogP contribution in [0.4, 0.5) is 0 Å². The molecule has 1 unspecified atom stereocenters. The Balaban J connectivity index is 2.12. The van der Waals surface area contributed by atoms with Crippen molar-refractivity contribution in [3.05, 3.63) is 69.7 Å². The van der Waals surface area contributed by atoms with Gasteiger partial charge in [0, 0.05) is 27.9 Å². The van der Waals surface area contributed by atoms with Crippen LogP contribution in [0.25, 0.3) is 0 Å². The minimum atomic E-state index is -0.519. The van der Waals surface area contributed by atoms with E-state index in [1.807, 2.05) is 58.0 Å². The summed E-state index contributed by atoms with van der Waals surface area (Å²) in [5, 5.41) is 4.21. The number of carbonyl (C=O) groups excluding carboxylic acids is 2. The topological polar surface area (TPSA) is 49.4 Å². The molecule has 2 aromatic rings. The highest BCUT2D eigenvalue weighted by atomic mass is 35.5. The van der Waals surface area contributed by atoms with Crippen molar-refractivity contribution < 1.29 is 9.59 Å². The van der Waals surface area contributed by atoms with E-state index < -0.39 is 6.04 Å². The second-order valence-corrected chi connectivity index (χ2v) is 10.5. The smallest absolute Gasteiger partial charge is 0.243 e. The molecule has 0 saturated heterocycles. The van der Waals surface area contributed by atoms with Crippen molar-refractivity contribution in [1.29, 1.82) is 0 Å². The van der Waals surface area contributed by atoms with Crippen LogP contribution in [0.15, 0.2) is 48.5 Å². The van der Waals surface area contributed by atoms with Crippen LogP contribution in [0.1, 0.15) is 45.2 Å². The number of carbonyl (C=O) groups is 2. The average Bonchev–Trinajstić information content (AvgIpc) is 2.72. The number of halogens is 2. The molecule has 0 radical (unpaired) electrons. The molecule has 4 nitrogen and oxygen atoms in total. The van der Waals surface area contributed by atoms with Crippen LogP contribution in [-0.4, -0.2) is 40.6 Å². The Hall–Kier alpha value is -1.69. The summed E-state index contributed by atoms with van der Waals surface area (Å²) in [6.45, 7) is 8.24. The van der Waals surface area contributed by atoms with Gasteiger partial charge in [0.05, 0.1) is 5.75 Å². The molecular formula is C25H32Cl2N2O2S. The molecule has 32 heavy (non-hydrogen) atoms. The first-order valence-electron chi connectivity index (χ1n) is 10.8. The lowest BCUT2D eigenvalue weighted by molar-refractivity contribution is -0.139. The van der Waals surface area contributed by atoms with Gasteiger partial charge in [-0.05, 0) is 56.9 Å². The van der Waals surface area contributed by atoms with Crippen LogP contribution in [0.2, 0.25) is 10.0 Å². The average molecular weight is 496 g/mol. The normalized spacial score (nSPS) is 12.3. The minimum absolute atomic E-state index is 0.0648. The Morgan fingerprint density at radius 3 is 2.22 bits per heavy atom. The van der Waals surface area contributed by atoms with E-state index in [0.717, 1.165) is 11.1 Å². The summed E-state index contributed by atoms with van der Waals surface area (Å²) in [6.07, 6.45) is 1.23. The SMILES string of the molecule is CCC(C(=O)NC(C)(C)C)N(CCc1ccccc1)C(=O)CSCc1c(Cl)cccc1Cl. The van der Waals surface area contributed by atoms with E-state index >= 15 is 0 Å². The van der Waals surface area contributed by atoms with E-state index in [0.29, 0.717) is 35.2 Å². The first kappa shape index (κ1) is 26.6. The Labute approximate surface area is 206 Å². The molecule has 0 heterocycles. The summed E-state index contributed by atoms with van der Waals surface area (Å²) < 4.78 is 0. The summed E-state index contributed by atoms with van der Waals surface area (Å²) >= 11 is 14.0. The summed E-state index contributed by atoms with van der Waals surface area (Å²) in [7, 11) is 0. The van der Waals surface area contributed by atoms with Crippen LogP contribution in [0, 0.1) is 0 Å². The number of nitrogens with one attached hydrogen (secondary N) is 1. The molecule has 0 fully saturated rings. The highest BCUT2D eigenvalue weighted by Crippen LogP contribution is 2.28. The molecule has 2 aromatic carbocycles. The van der Waals surface area contributed by atoms with Gasteiger partial charge in [0.2, 0.25) is 11.8 Å². The second-order valence-electron chi connectivity index (χ2n) is 8.68. The predicted molar refractivity (Wildman–Crippen MR) is 136 cm³/mol. The lowest BCUT2D eigenvalue weighted by atomic mass is 10.1. The van der Waals surface area contributed by atoms with Crippen LogP contribution >= 0.6 is 35.0 Å². The number of hydrogen-bond donors (Lipinski definition) is 1. The molecule has 1 N–H and O–H groups in total. The first-order chi connectivity index (χ1) is 15.1. The van der Waals surface area contributed by atoms with E-state index in [9.17, 15) is 9.59 Å². The van der Waals surface area contributed by atoms with E-state index in [4.69, 9.17) is 23.2 Å². The van der Waals surface area contributed by atoms with E-state index in [-0.39, 0.29) is 23.1 Å². The van der Waals surface area contributed by atoms with Gasteiger partial charge in [-0.1, -0.05) is 66.5 Å². The standard InChI is InChI=1S/C25H32Cl2N2O2S/c1-5-22(24(31)28-25(2,3)4)29(15-14-18-10-7-6-8-11-18)23(30)17-32-16-19-20(26)12-9-13-21(19)27/h6-13,22H,5,14-17H2,1-4H3,(H,28,31). The maximum atomic E-state index is 13.3. The third-order valence-corrected chi connectivity index (χ3v) is 6.55. The quantitative estimate of drug-likeness (QED) is 0.441. The number of thioether (sulfide) groups is 1. The van der Waals surface area contributed by atoms with Gasteiger partial charge in [0.15, 0.2) is 0 Å². The molecule has 0 spiro atoms. The Kier molecular flexibility index (Phi) is 10.4. The number of rotatable bonds is 10. The van der Waals surface area contributed by atoms with Gasteiger partial charge in [-0.15, -0.1) is 11.8 Å². The van der Waals surface area contributed by atoms with Crippen molar-refractivity contribution in [2.24, 2.45) is 0 Å². The maximum Gasteiger partial charge on any atom is 0.243 e. The van der Waals surface area contributed by atoms with Crippen LogP contribution in [-0.2, 0) is 21.8 Å². The van der Waals surface area contributed by atoms with E-state index in [1.165, 1.54) is 11.8 Å². The van der Waals surface area contributed by atoms with Gasteiger partial charge in [-0.3, -0.25) is 9.59 Å². The van der Waals surface area contributed by atoms with Gasteiger partial charge in [0.1, 0.15) is 6.04 Å². The van der Waals surface area contributed by atoms with Crippen molar-refractivity contribution in [1.82, 2.24) is 10.2 Å². The molecule has 7 heteroatoms. The van der Waals surface area contributed by atoms with Crippen molar-refractivity contribution in [2.75, 3.05) is 12.3 Å². The highest BCUT2D eigenvalue weighted by Gasteiger charge is 2.30. The van der Waals surface area contributed by atoms with Gasteiger partial charge in [0.25, 0.3) is 0 Å². The van der Waals surface area contributed by atoms with Gasteiger partial charge in [-0.25, -0.2) is 0 Å². The Morgan fingerprint density at radius 1 is 1.03 bits per heavy atom. The van der Waals surface area contributed by atoms with Gasteiger partial charge >= 0.3 is 0 Å². The Bertz CT molecular complexity index is 880. The van der Waals surface area contributed by atoms with E-state index in [2.05, 4.69) is 5.32 Å². The molecule has 2 amide bonds. The van der Waals surface area contributed by atoms with Crippen molar-refractivity contribution in [3.8, 4) is 0 Å². The lowest BCUT2D eigenvalue weighted by Crippen LogP contribution is -2.54. The van der Waals surface area contributed by atoms with Gasteiger partial charge < -0.3 is 10.2 Å². The zero-order chi connectivity index (χ0) is 23.7. The first-order valence-corrected chi connectivity index (χ1v) is 12.7. The summed E-state index contributed by atoms with van der Waals surface area (Å²) in [4.78, 5) is 28.0. The number of nitrogens with zero attached hydrogens (tertiary/aromatic N) is 1. The molecule has 0 aliphatic heterocycles. The third-order valence-electron chi connectivity index (χ3n) is 4.90. The van der Waals surface area contributed by atoms with Crippen molar-refractivity contribution >= 4 is 46.8 Å².